The number of nitrogens with zero attached hydrogens (tertiary/aromatic N) is 3. The lowest BCUT2D eigenvalue weighted by molar-refractivity contribution is -0.144. The van der Waals surface area contributed by atoms with E-state index in [0.29, 0.717) is 24.3 Å². The van der Waals surface area contributed by atoms with Crippen LogP contribution >= 0.6 is 0 Å². The number of carbonyl (C=O) groups excluding carboxylic acids is 2. The lowest BCUT2D eigenvalue weighted by Crippen LogP contribution is -2.50. The Balaban J connectivity index is 1.93. The van der Waals surface area contributed by atoms with E-state index in [4.69, 9.17) is 5.26 Å². The van der Waals surface area contributed by atoms with Gasteiger partial charge >= 0.3 is 11.8 Å². The molecule has 1 heterocycles. The van der Waals surface area contributed by atoms with E-state index in [1.54, 1.807) is 29.2 Å². The quantitative estimate of drug-likeness (QED) is 0.745. The Bertz CT molecular complexity index is 539. The third kappa shape index (κ3) is 3.33. The van der Waals surface area contributed by atoms with Gasteiger partial charge in [0.25, 0.3) is 0 Å². The van der Waals surface area contributed by atoms with Gasteiger partial charge in [0, 0.05) is 31.9 Å². The topological polar surface area (TPSA) is 76.4 Å². The Morgan fingerprint density at radius 3 is 2.30 bits per heavy atom. The molecule has 2 rings (SSSR count). The number of nitrogens with one attached hydrogen (secondary N) is 1. The average Bonchev–Trinajstić information content (AvgIpc) is 2.48. The lowest BCUT2D eigenvalue weighted by atomic mass is 10.2. The summed E-state index contributed by atoms with van der Waals surface area (Å²) >= 11 is 0. The molecule has 1 N–H and O–H groups in total. The maximum atomic E-state index is 12.0. The Morgan fingerprint density at radius 1 is 1.15 bits per heavy atom. The second-order valence-electron chi connectivity index (χ2n) is 4.74. The van der Waals surface area contributed by atoms with Crippen LogP contribution in [0.25, 0.3) is 0 Å². The van der Waals surface area contributed by atoms with Gasteiger partial charge in [0.05, 0.1) is 11.6 Å². The van der Waals surface area contributed by atoms with Gasteiger partial charge in [-0.3, -0.25) is 9.59 Å². The summed E-state index contributed by atoms with van der Waals surface area (Å²) in [6.45, 7) is 2.68. The molecule has 0 aromatic heterocycles. The van der Waals surface area contributed by atoms with Crippen LogP contribution in [0.15, 0.2) is 24.3 Å². The largest absolute Gasteiger partial charge is 0.332 e. The van der Waals surface area contributed by atoms with Gasteiger partial charge in [-0.1, -0.05) is 0 Å². The molecule has 6 heteroatoms. The molecule has 1 aromatic rings. The van der Waals surface area contributed by atoms with Crippen molar-refractivity contribution in [1.82, 2.24) is 9.80 Å². The molecule has 1 saturated heterocycles. The van der Waals surface area contributed by atoms with Crippen LogP contribution in [-0.2, 0) is 9.59 Å². The predicted octanol–water partition coefficient (Wildman–Crippen LogP) is 0.271. The Morgan fingerprint density at radius 2 is 1.75 bits per heavy atom. The van der Waals surface area contributed by atoms with Crippen LogP contribution < -0.4 is 5.32 Å². The molecule has 2 amide bonds. The number of rotatable bonds is 1. The SMILES string of the molecule is CN1CCN(C(=O)C(=O)Nc2ccc(C#N)cc2)CC1. The third-order valence-corrected chi connectivity index (χ3v) is 3.26. The van der Waals surface area contributed by atoms with Crippen LogP contribution in [0.4, 0.5) is 5.69 Å². The molecule has 0 atom stereocenters. The van der Waals surface area contributed by atoms with E-state index in [-0.39, 0.29) is 0 Å². The fourth-order valence-corrected chi connectivity index (χ4v) is 1.97. The Labute approximate surface area is 117 Å². The van der Waals surface area contributed by atoms with Crippen LogP contribution in [0.5, 0.6) is 0 Å². The molecule has 1 fully saturated rings. The van der Waals surface area contributed by atoms with E-state index < -0.39 is 11.8 Å². The van der Waals surface area contributed by atoms with Gasteiger partial charge in [-0.15, -0.1) is 0 Å². The second-order valence-corrected chi connectivity index (χ2v) is 4.74. The highest BCUT2D eigenvalue weighted by Crippen LogP contribution is 2.09. The minimum atomic E-state index is -0.640. The standard InChI is InChI=1S/C14H16N4O2/c1-17-6-8-18(9-7-17)14(20)13(19)16-12-4-2-11(10-15)3-5-12/h2-5H,6-9H2,1H3,(H,16,19). The fourth-order valence-electron chi connectivity index (χ4n) is 1.97. The molecule has 104 valence electrons. The fraction of sp³-hybridized carbons (Fsp3) is 0.357. The van der Waals surface area contributed by atoms with Crippen molar-refractivity contribution in [2.75, 3.05) is 38.5 Å². The summed E-state index contributed by atoms with van der Waals surface area (Å²) in [5.74, 6) is -1.15. The molecular formula is C14H16N4O2. The maximum absolute atomic E-state index is 12.0. The second kappa shape index (κ2) is 6.17. The minimum Gasteiger partial charge on any atom is -0.332 e. The molecule has 1 aromatic carbocycles. The van der Waals surface area contributed by atoms with Crippen LogP contribution in [-0.4, -0.2) is 54.8 Å². The number of benzene rings is 1. The first-order valence-corrected chi connectivity index (χ1v) is 6.39. The minimum absolute atomic E-state index is 0.508. The van der Waals surface area contributed by atoms with E-state index in [1.807, 2.05) is 13.1 Å². The van der Waals surface area contributed by atoms with Gasteiger partial charge in [0.1, 0.15) is 0 Å². The van der Waals surface area contributed by atoms with Crippen molar-refractivity contribution in [3.05, 3.63) is 29.8 Å². The summed E-state index contributed by atoms with van der Waals surface area (Å²) in [5, 5.41) is 11.2. The number of hydrogen-bond acceptors (Lipinski definition) is 4. The number of piperazine rings is 1. The lowest BCUT2D eigenvalue weighted by Gasteiger charge is -2.31. The molecule has 0 spiro atoms. The van der Waals surface area contributed by atoms with E-state index in [2.05, 4.69) is 10.2 Å². The van der Waals surface area contributed by atoms with Gasteiger partial charge < -0.3 is 15.1 Å². The highest BCUT2D eigenvalue weighted by atomic mass is 16.2. The van der Waals surface area contributed by atoms with Gasteiger partial charge in [-0.05, 0) is 31.3 Å². The summed E-state index contributed by atoms with van der Waals surface area (Å²) in [6, 6.07) is 8.39. The molecule has 0 saturated carbocycles. The molecule has 20 heavy (non-hydrogen) atoms. The molecule has 0 radical (unpaired) electrons. The number of carbonyl (C=O) groups is 2. The van der Waals surface area contributed by atoms with Crippen LogP contribution in [0.2, 0.25) is 0 Å². The highest BCUT2D eigenvalue weighted by Gasteiger charge is 2.24. The summed E-state index contributed by atoms with van der Waals surface area (Å²) in [6.07, 6.45) is 0. The van der Waals surface area contributed by atoms with Crippen molar-refractivity contribution in [2.24, 2.45) is 0 Å². The van der Waals surface area contributed by atoms with Crippen LogP contribution in [0.3, 0.4) is 0 Å². The molecule has 1 aliphatic heterocycles. The molecule has 0 bridgehead atoms. The summed E-state index contributed by atoms with van der Waals surface area (Å²) in [5.41, 5.74) is 1.02. The van der Waals surface area contributed by atoms with Crippen molar-refractivity contribution in [3.63, 3.8) is 0 Å². The van der Waals surface area contributed by atoms with Crippen LogP contribution in [0.1, 0.15) is 5.56 Å². The van der Waals surface area contributed by atoms with Gasteiger partial charge in [0.2, 0.25) is 0 Å². The van der Waals surface area contributed by atoms with E-state index in [9.17, 15) is 9.59 Å². The number of nitriles is 1. The van der Waals surface area contributed by atoms with Gasteiger partial charge in [0.15, 0.2) is 0 Å². The number of anilines is 1. The van der Waals surface area contributed by atoms with Gasteiger partial charge in [-0.2, -0.15) is 5.26 Å². The summed E-state index contributed by atoms with van der Waals surface area (Å²) in [4.78, 5) is 27.5. The van der Waals surface area contributed by atoms with E-state index >= 15 is 0 Å². The number of hydrogen-bond donors (Lipinski definition) is 1. The Kier molecular flexibility index (Phi) is 4.33. The Hall–Kier alpha value is -2.39. The zero-order valence-corrected chi connectivity index (χ0v) is 11.3. The third-order valence-electron chi connectivity index (χ3n) is 3.26. The molecule has 0 aliphatic carbocycles. The van der Waals surface area contributed by atoms with Crippen molar-refractivity contribution in [3.8, 4) is 6.07 Å². The number of amides is 2. The van der Waals surface area contributed by atoms with Crippen molar-refractivity contribution in [2.45, 2.75) is 0 Å². The zero-order valence-electron chi connectivity index (χ0n) is 11.3. The summed E-state index contributed by atoms with van der Waals surface area (Å²) < 4.78 is 0. The smallest absolute Gasteiger partial charge is 0.313 e. The highest BCUT2D eigenvalue weighted by molar-refractivity contribution is 6.39. The predicted molar refractivity (Wildman–Crippen MR) is 73.9 cm³/mol. The van der Waals surface area contributed by atoms with E-state index in [1.165, 1.54) is 0 Å². The van der Waals surface area contributed by atoms with Crippen LogP contribution in [0, 0.1) is 11.3 Å². The van der Waals surface area contributed by atoms with E-state index in [0.717, 1.165) is 13.1 Å². The normalized spacial score (nSPS) is 15.5. The molecule has 1 aliphatic rings. The van der Waals surface area contributed by atoms with Crippen molar-refractivity contribution in [1.29, 1.82) is 5.26 Å². The van der Waals surface area contributed by atoms with Gasteiger partial charge in [-0.25, -0.2) is 0 Å². The first-order valence-electron chi connectivity index (χ1n) is 6.39. The maximum Gasteiger partial charge on any atom is 0.313 e. The van der Waals surface area contributed by atoms with Crippen molar-refractivity contribution >= 4 is 17.5 Å². The van der Waals surface area contributed by atoms with Crippen molar-refractivity contribution < 1.29 is 9.59 Å². The molecule has 0 unspecified atom stereocenters. The molecule has 6 nitrogen and oxygen atoms in total. The monoisotopic (exact) mass is 272 g/mol. The number of likely N-dealkylation sites (N-methyl/N-ethyl adjacent to an activating group) is 1. The molecular weight excluding hydrogens is 256 g/mol. The zero-order chi connectivity index (χ0) is 14.5. The first kappa shape index (κ1) is 14.0. The average molecular weight is 272 g/mol. The summed E-state index contributed by atoms with van der Waals surface area (Å²) in [7, 11) is 1.98. The first-order chi connectivity index (χ1) is 9.60.